The van der Waals surface area contributed by atoms with Gasteiger partial charge in [-0.05, 0) is 56.0 Å². The van der Waals surface area contributed by atoms with Crippen LogP contribution in [0.5, 0.6) is 0 Å². The van der Waals surface area contributed by atoms with E-state index in [1.54, 1.807) is 36.0 Å². The standard InChI is InChI=1S/C13H22N2O2S2/c1-3-14-12-6-8-13(9-7-12)19(16,17)15-10-4-5-11-18-2/h6-9,14-15H,3-5,10-11H2,1-2H3. The molecule has 1 aromatic carbocycles. The van der Waals surface area contributed by atoms with Gasteiger partial charge in [0.15, 0.2) is 0 Å². The van der Waals surface area contributed by atoms with Gasteiger partial charge in [0, 0.05) is 18.8 Å². The molecule has 0 fully saturated rings. The summed E-state index contributed by atoms with van der Waals surface area (Å²) in [6.45, 7) is 3.32. The molecule has 0 radical (unpaired) electrons. The maximum atomic E-state index is 12.0. The molecule has 0 bridgehead atoms. The Morgan fingerprint density at radius 3 is 2.42 bits per heavy atom. The molecule has 0 saturated heterocycles. The number of benzene rings is 1. The van der Waals surface area contributed by atoms with Gasteiger partial charge in [-0.2, -0.15) is 11.8 Å². The molecule has 0 unspecified atom stereocenters. The molecule has 0 aliphatic carbocycles. The van der Waals surface area contributed by atoms with Crippen LogP contribution in [0.3, 0.4) is 0 Å². The quantitative estimate of drug-likeness (QED) is 0.688. The van der Waals surface area contributed by atoms with Crippen molar-refractivity contribution in [3.63, 3.8) is 0 Å². The summed E-state index contributed by atoms with van der Waals surface area (Å²) in [5.74, 6) is 1.07. The predicted octanol–water partition coefficient (Wildman–Crippen LogP) is 2.54. The number of unbranched alkanes of at least 4 members (excludes halogenated alkanes) is 1. The Hall–Kier alpha value is -0.720. The van der Waals surface area contributed by atoms with Crippen molar-refractivity contribution in [3.8, 4) is 0 Å². The number of hydrogen-bond donors (Lipinski definition) is 2. The van der Waals surface area contributed by atoms with Crippen LogP contribution in [-0.2, 0) is 10.0 Å². The van der Waals surface area contributed by atoms with Gasteiger partial charge in [0.25, 0.3) is 0 Å². The first kappa shape index (κ1) is 16.3. The molecule has 0 aliphatic rings. The average molecular weight is 302 g/mol. The van der Waals surface area contributed by atoms with Gasteiger partial charge in [-0.15, -0.1) is 0 Å². The Morgan fingerprint density at radius 2 is 1.84 bits per heavy atom. The third-order valence-electron chi connectivity index (χ3n) is 2.61. The van der Waals surface area contributed by atoms with Gasteiger partial charge in [-0.3, -0.25) is 0 Å². The van der Waals surface area contributed by atoms with Crippen LogP contribution >= 0.6 is 11.8 Å². The van der Waals surface area contributed by atoms with Crippen molar-refractivity contribution in [1.82, 2.24) is 4.72 Å². The number of anilines is 1. The Morgan fingerprint density at radius 1 is 1.16 bits per heavy atom. The molecule has 0 aliphatic heterocycles. The van der Waals surface area contributed by atoms with E-state index in [4.69, 9.17) is 0 Å². The predicted molar refractivity (Wildman–Crippen MR) is 83.4 cm³/mol. The molecule has 1 aromatic rings. The van der Waals surface area contributed by atoms with Crippen LogP contribution in [0, 0.1) is 0 Å². The fourth-order valence-corrected chi connectivity index (χ4v) is 3.18. The lowest BCUT2D eigenvalue weighted by Gasteiger charge is -2.08. The molecular formula is C13H22N2O2S2. The number of thioether (sulfide) groups is 1. The molecule has 0 heterocycles. The van der Waals surface area contributed by atoms with Crippen molar-refractivity contribution in [1.29, 1.82) is 0 Å². The summed E-state index contributed by atoms with van der Waals surface area (Å²) in [5, 5.41) is 3.13. The minimum Gasteiger partial charge on any atom is -0.385 e. The second-order valence-corrected chi connectivity index (χ2v) is 6.90. The third-order valence-corrected chi connectivity index (χ3v) is 4.79. The first-order chi connectivity index (χ1) is 9.10. The van der Waals surface area contributed by atoms with Crippen LogP contribution in [0.15, 0.2) is 29.2 Å². The highest BCUT2D eigenvalue weighted by Crippen LogP contribution is 2.13. The summed E-state index contributed by atoms with van der Waals surface area (Å²) < 4.78 is 26.6. The SMILES string of the molecule is CCNc1ccc(S(=O)(=O)NCCCCSC)cc1. The van der Waals surface area contributed by atoms with Crippen molar-refractivity contribution in [2.45, 2.75) is 24.7 Å². The van der Waals surface area contributed by atoms with E-state index in [2.05, 4.69) is 16.3 Å². The molecule has 0 amide bonds. The first-order valence-corrected chi connectivity index (χ1v) is 9.30. The molecule has 19 heavy (non-hydrogen) atoms. The minimum atomic E-state index is -3.36. The second kappa shape index (κ2) is 8.45. The van der Waals surface area contributed by atoms with Crippen molar-refractivity contribution in [3.05, 3.63) is 24.3 Å². The lowest BCUT2D eigenvalue weighted by atomic mass is 10.3. The molecule has 0 saturated carbocycles. The zero-order valence-electron chi connectivity index (χ0n) is 11.5. The molecule has 0 spiro atoms. The lowest BCUT2D eigenvalue weighted by molar-refractivity contribution is 0.578. The zero-order chi connectivity index (χ0) is 14.1. The van der Waals surface area contributed by atoms with Crippen LogP contribution in [0.2, 0.25) is 0 Å². The number of rotatable bonds is 9. The summed E-state index contributed by atoms with van der Waals surface area (Å²) in [5.41, 5.74) is 0.932. The van der Waals surface area contributed by atoms with Gasteiger partial charge in [-0.1, -0.05) is 0 Å². The number of nitrogens with one attached hydrogen (secondary N) is 2. The van der Waals surface area contributed by atoms with E-state index in [0.717, 1.165) is 30.8 Å². The van der Waals surface area contributed by atoms with E-state index in [1.165, 1.54) is 0 Å². The molecule has 6 heteroatoms. The van der Waals surface area contributed by atoms with Crippen LogP contribution in [0.25, 0.3) is 0 Å². The first-order valence-electron chi connectivity index (χ1n) is 6.42. The fourth-order valence-electron chi connectivity index (χ4n) is 1.62. The molecule has 1 rings (SSSR count). The zero-order valence-corrected chi connectivity index (χ0v) is 13.1. The van der Waals surface area contributed by atoms with Gasteiger partial charge in [0.05, 0.1) is 4.90 Å². The van der Waals surface area contributed by atoms with Gasteiger partial charge in [0.2, 0.25) is 10.0 Å². The normalized spacial score (nSPS) is 11.5. The van der Waals surface area contributed by atoms with Gasteiger partial charge < -0.3 is 5.32 Å². The Bertz CT molecular complexity index is 458. The highest BCUT2D eigenvalue weighted by molar-refractivity contribution is 7.98. The van der Waals surface area contributed by atoms with Crippen LogP contribution in [0.4, 0.5) is 5.69 Å². The van der Waals surface area contributed by atoms with Crippen molar-refractivity contribution < 1.29 is 8.42 Å². The largest absolute Gasteiger partial charge is 0.385 e. The van der Waals surface area contributed by atoms with E-state index in [0.29, 0.717) is 11.4 Å². The Balaban J connectivity index is 2.52. The van der Waals surface area contributed by atoms with Gasteiger partial charge in [0.1, 0.15) is 0 Å². The van der Waals surface area contributed by atoms with E-state index < -0.39 is 10.0 Å². The molecule has 2 N–H and O–H groups in total. The van der Waals surface area contributed by atoms with Crippen LogP contribution < -0.4 is 10.0 Å². The Labute approximate surface area is 120 Å². The van der Waals surface area contributed by atoms with Crippen molar-refractivity contribution >= 4 is 27.5 Å². The van der Waals surface area contributed by atoms with Crippen LogP contribution in [-0.4, -0.2) is 33.5 Å². The number of hydrogen-bond acceptors (Lipinski definition) is 4. The average Bonchev–Trinajstić information content (AvgIpc) is 2.39. The van der Waals surface area contributed by atoms with Crippen molar-refractivity contribution in [2.75, 3.05) is 30.4 Å². The van der Waals surface area contributed by atoms with E-state index >= 15 is 0 Å². The maximum Gasteiger partial charge on any atom is 0.240 e. The monoisotopic (exact) mass is 302 g/mol. The van der Waals surface area contributed by atoms with E-state index in [1.807, 2.05) is 6.92 Å². The fraction of sp³-hybridized carbons (Fsp3) is 0.538. The maximum absolute atomic E-state index is 12.0. The van der Waals surface area contributed by atoms with E-state index in [-0.39, 0.29) is 0 Å². The molecule has 4 nitrogen and oxygen atoms in total. The molecule has 0 atom stereocenters. The molecule has 108 valence electrons. The lowest BCUT2D eigenvalue weighted by Crippen LogP contribution is -2.24. The summed E-state index contributed by atoms with van der Waals surface area (Å²) in [7, 11) is -3.36. The second-order valence-electron chi connectivity index (χ2n) is 4.15. The topological polar surface area (TPSA) is 58.2 Å². The highest BCUT2D eigenvalue weighted by Gasteiger charge is 2.12. The highest BCUT2D eigenvalue weighted by atomic mass is 32.2. The van der Waals surface area contributed by atoms with Crippen molar-refractivity contribution in [2.24, 2.45) is 0 Å². The number of sulfonamides is 1. The van der Waals surface area contributed by atoms with Gasteiger partial charge >= 0.3 is 0 Å². The summed E-state index contributed by atoms with van der Waals surface area (Å²) in [4.78, 5) is 0.319. The molecular weight excluding hydrogens is 280 g/mol. The third kappa shape index (κ3) is 5.84. The summed E-state index contributed by atoms with van der Waals surface area (Å²) >= 11 is 1.78. The van der Waals surface area contributed by atoms with Gasteiger partial charge in [-0.25, -0.2) is 13.1 Å². The molecule has 0 aromatic heterocycles. The Kier molecular flexibility index (Phi) is 7.27. The van der Waals surface area contributed by atoms with Crippen LogP contribution in [0.1, 0.15) is 19.8 Å². The van der Waals surface area contributed by atoms with E-state index in [9.17, 15) is 8.42 Å². The smallest absolute Gasteiger partial charge is 0.240 e. The summed E-state index contributed by atoms with van der Waals surface area (Å²) in [6, 6.07) is 6.82. The minimum absolute atomic E-state index is 0.319. The summed E-state index contributed by atoms with van der Waals surface area (Å²) in [6.07, 6.45) is 3.95.